The topological polar surface area (TPSA) is 21.3 Å². The van der Waals surface area contributed by atoms with Crippen LogP contribution < -0.4 is 10.1 Å². The Bertz CT molecular complexity index is 599. The summed E-state index contributed by atoms with van der Waals surface area (Å²) >= 11 is 6.79. The fourth-order valence-electron chi connectivity index (χ4n) is 1.96. The van der Waals surface area contributed by atoms with Crippen LogP contribution in [0.2, 0.25) is 0 Å². The molecule has 0 atom stereocenters. The van der Waals surface area contributed by atoms with Crippen molar-refractivity contribution < 1.29 is 9.13 Å². The molecule has 0 fully saturated rings. The van der Waals surface area contributed by atoms with E-state index in [0.717, 1.165) is 34.4 Å². The lowest BCUT2D eigenvalue weighted by Gasteiger charge is -2.14. The fourth-order valence-corrected chi connectivity index (χ4v) is 3.00. The molecule has 0 aliphatic heterocycles. The quantitative estimate of drug-likeness (QED) is 0.712. The highest BCUT2D eigenvalue weighted by Gasteiger charge is 2.09. The number of para-hydroxylation sites is 1. The molecule has 2 rings (SSSR count). The van der Waals surface area contributed by atoms with Crippen LogP contribution in [0, 0.1) is 5.82 Å². The first kappa shape index (κ1) is 16.5. The maximum Gasteiger partial charge on any atom is 0.138 e. The van der Waals surface area contributed by atoms with E-state index in [9.17, 15) is 4.39 Å². The van der Waals surface area contributed by atoms with E-state index in [1.54, 1.807) is 0 Å². The van der Waals surface area contributed by atoms with Crippen LogP contribution in [0.1, 0.15) is 18.1 Å². The number of halogens is 3. The van der Waals surface area contributed by atoms with Gasteiger partial charge in [0.2, 0.25) is 0 Å². The van der Waals surface area contributed by atoms with Gasteiger partial charge in [-0.3, -0.25) is 0 Å². The molecule has 112 valence electrons. The lowest BCUT2D eigenvalue weighted by atomic mass is 10.2. The molecule has 0 saturated heterocycles. The van der Waals surface area contributed by atoms with Gasteiger partial charge < -0.3 is 10.1 Å². The van der Waals surface area contributed by atoms with Crippen LogP contribution in [0.25, 0.3) is 0 Å². The van der Waals surface area contributed by atoms with Gasteiger partial charge in [-0.1, -0.05) is 35.0 Å². The van der Waals surface area contributed by atoms with Crippen molar-refractivity contribution in [3.8, 4) is 5.75 Å². The molecule has 0 aromatic heterocycles. The largest absolute Gasteiger partial charge is 0.487 e. The smallest absolute Gasteiger partial charge is 0.138 e. The third kappa shape index (κ3) is 4.80. The Morgan fingerprint density at radius 3 is 2.71 bits per heavy atom. The minimum atomic E-state index is -0.275. The molecule has 0 saturated carbocycles. The van der Waals surface area contributed by atoms with Gasteiger partial charge in [-0.05, 0) is 52.3 Å². The second kappa shape index (κ2) is 7.92. The maximum absolute atomic E-state index is 13.4. The van der Waals surface area contributed by atoms with Gasteiger partial charge >= 0.3 is 0 Å². The number of ether oxygens (including phenoxy) is 1. The molecule has 2 aromatic rings. The highest BCUT2D eigenvalue weighted by molar-refractivity contribution is 9.10. The molecule has 21 heavy (non-hydrogen) atoms. The van der Waals surface area contributed by atoms with Gasteiger partial charge in [0, 0.05) is 16.6 Å². The number of hydrogen-bond acceptors (Lipinski definition) is 2. The van der Waals surface area contributed by atoms with Gasteiger partial charge in [0.1, 0.15) is 18.2 Å². The maximum atomic E-state index is 13.4. The molecule has 0 aliphatic rings. The van der Waals surface area contributed by atoms with Gasteiger partial charge in [0.05, 0.1) is 4.47 Å². The Morgan fingerprint density at radius 1 is 1.19 bits per heavy atom. The molecule has 0 aliphatic carbocycles. The second-order valence-corrected chi connectivity index (χ2v) is 6.34. The van der Waals surface area contributed by atoms with Crippen molar-refractivity contribution in [2.45, 2.75) is 20.1 Å². The Labute approximate surface area is 141 Å². The first-order valence-corrected chi connectivity index (χ1v) is 8.24. The van der Waals surface area contributed by atoms with Crippen molar-refractivity contribution in [2.75, 3.05) is 6.54 Å². The number of hydrogen-bond donors (Lipinski definition) is 1. The van der Waals surface area contributed by atoms with Crippen molar-refractivity contribution in [1.29, 1.82) is 0 Å². The first-order chi connectivity index (χ1) is 10.1. The number of nitrogens with one attached hydrogen (secondary N) is 1. The molecular formula is C16H16Br2FNO. The number of rotatable bonds is 6. The summed E-state index contributed by atoms with van der Waals surface area (Å²) in [6, 6.07) is 10.7. The molecule has 5 heteroatoms. The number of benzene rings is 2. The Balaban J connectivity index is 2.15. The van der Waals surface area contributed by atoms with Crippen LogP contribution in [-0.4, -0.2) is 6.54 Å². The van der Waals surface area contributed by atoms with Crippen LogP contribution >= 0.6 is 31.9 Å². The highest BCUT2D eigenvalue weighted by atomic mass is 79.9. The summed E-state index contributed by atoms with van der Waals surface area (Å²) in [6.45, 7) is 4.00. The van der Waals surface area contributed by atoms with E-state index in [-0.39, 0.29) is 5.82 Å². The lowest BCUT2D eigenvalue weighted by Crippen LogP contribution is -2.13. The van der Waals surface area contributed by atoms with Crippen molar-refractivity contribution in [3.63, 3.8) is 0 Å². The highest BCUT2D eigenvalue weighted by Crippen LogP contribution is 2.30. The molecule has 0 amide bonds. The predicted octanol–water partition coefficient (Wildman–Crippen LogP) is 5.04. The van der Waals surface area contributed by atoms with Crippen molar-refractivity contribution in [3.05, 3.63) is 62.3 Å². The minimum Gasteiger partial charge on any atom is -0.487 e. The van der Waals surface area contributed by atoms with Gasteiger partial charge in [-0.25, -0.2) is 4.39 Å². The summed E-state index contributed by atoms with van der Waals surface area (Å²) in [5, 5.41) is 3.28. The first-order valence-electron chi connectivity index (χ1n) is 6.66. The van der Waals surface area contributed by atoms with Gasteiger partial charge in [-0.2, -0.15) is 0 Å². The van der Waals surface area contributed by atoms with E-state index in [1.807, 2.05) is 24.3 Å². The normalized spacial score (nSPS) is 10.7. The average Bonchev–Trinajstić information content (AvgIpc) is 2.43. The van der Waals surface area contributed by atoms with Crippen LogP contribution in [0.5, 0.6) is 5.75 Å². The third-order valence-corrected chi connectivity index (χ3v) is 4.00. The summed E-state index contributed by atoms with van der Waals surface area (Å²) in [7, 11) is 0. The van der Waals surface area contributed by atoms with Crippen molar-refractivity contribution >= 4 is 31.9 Å². The van der Waals surface area contributed by atoms with Crippen LogP contribution in [-0.2, 0) is 13.2 Å². The second-order valence-electron chi connectivity index (χ2n) is 4.57. The molecular weight excluding hydrogens is 401 g/mol. The van der Waals surface area contributed by atoms with E-state index in [4.69, 9.17) is 4.74 Å². The van der Waals surface area contributed by atoms with E-state index in [0.29, 0.717) is 11.1 Å². The van der Waals surface area contributed by atoms with E-state index in [2.05, 4.69) is 44.1 Å². The standard InChI is InChI=1S/C16H16Br2FNO/c1-2-20-9-12-4-3-5-15(18)16(12)21-10-11-6-13(17)8-14(19)7-11/h3-8,20H,2,9-10H2,1H3. The molecule has 0 spiro atoms. The summed E-state index contributed by atoms with van der Waals surface area (Å²) in [5.41, 5.74) is 1.86. The summed E-state index contributed by atoms with van der Waals surface area (Å²) in [6.07, 6.45) is 0. The van der Waals surface area contributed by atoms with Gasteiger partial charge in [0.15, 0.2) is 0 Å². The average molecular weight is 417 g/mol. The molecule has 1 N–H and O–H groups in total. The zero-order valence-electron chi connectivity index (χ0n) is 11.6. The summed E-state index contributed by atoms with van der Waals surface area (Å²) < 4.78 is 20.9. The molecule has 2 aromatic carbocycles. The van der Waals surface area contributed by atoms with E-state index >= 15 is 0 Å². The Hall–Kier alpha value is -0.910. The third-order valence-electron chi connectivity index (χ3n) is 2.92. The minimum absolute atomic E-state index is 0.275. The predicted molar refractivity (Wildman–Crippen MR) is 90.0 cm³/mol. The van der Waals surface area contributed by atoms with Crippen molar-refractivity contribution in [2.24, 2.45) is 0 Å². The van der Waals surface area contributed by atoms with Crippen LogP contribution in [0.15, 0.2) is 45.3 Å². The van der Waals surface area contributed by atoms with Gasteiger partial charge in [-0.15, -0.1) is 0 Å². The Morgan fingerprint density at radius 2 is 2.00 bits per heavy atom. The SMILES string of the molecule is CCNCc1cccc(Br)c1OCc1cc(F)cc(Br)c1. The molecule has 2 nitrogen and oxygen atoms in total. The van der Waals surface area contributed by atoms with E-state index < -0.39 is 0 Å². The monoisotopic (exact) mass is 415 g/mol. The molecule has 0 radical (unpaired) electrons. The van der Waals surface area contributed by atoms with Crippen LogP contribution in [0.4, 0.5) is 4.39 Å². The molecule has 0 heterocycles. The summed E-state index contributed by atoms with van der Waals surface area (Å²) in [5.74, 6) is 0.516. The van der Waals surface area contributed by atoms with Crippen molar-refractivity contribution in [1.82, 2.24) is 5.32 Å². The summed E-state index contributed by atoms with van der Waals surface area (Å²) in [4.78, 5) is 0. The zero-order valence-corrected chi connectivity index (χ0v) is 14.8. The molecule has 0 unspecified atom stereocenters. The van der Waals surface area contributed by atoms with Crippen LogP contribution in [0.3, 0.4) is 0 Å². The molecule has 0 bridgehead atoms. The van der Waals surface area contributed by atoms with Gasteiger partial charge in [0.25, 0.3) is 0 Å². The van der Waals surface area contributed by atoms with E-state index in [1.165, 1.54) is 12.1 Å². The lowest BCUT2D eigenvalue weighted by molar-refractivity contribution is 0.299. The zero-order chi connectivity index (χ0) is 15.2. The Kier molecular flexibility index (Phi) is 6.21. The fraction of sp³-hybridized carbons (Fsp3) is 0.250.